The maximum atomic E-state index is 13.1. The average Bonchev–Trinajstić information content (AvgIpc) is 3.15. The number of carbonyl (C=O) groups excluding carboxylic acids is 4. The Hall–Kier alpha value is -2.65. The van der Waals surface area contributed by atoms with Crippen molar-refractivity contribution >= 4 is 30.1 Å². The van der Waals surface area contributed by atoms with E-state index in [4.69, 9.17) is 5.11 Å². The Bertz CT molecular complexity index is 692. The highest BCUT2D eigenvalue weighted by Crippen LogP contribution is 2.27. The molecule has 180 valence electrons. The van der Waals surface area contributed by atoms with Gasteiger partial charge in [-0.05, 0) is 31.1 Å². The fraction of sp³-hybridized carbons (Fsp3) is 0.773. The number of carbonyl (C=O) groups is 5. The van der Waals surface area contributed by atoms with E-state index >= 15 is 0 Å². The summed E-state index contributed by atoms with van der Waals surface area (Å²) in [6, 6.07) is -2.72. The van der Waals surface area contributed by atoms with Gasteiger partial charge in [0.15, 0.2) is 0 Å². The number of hydrogen-bond acceptors (Lipinski definition) is 5. The molecule has 10 nitrogen and oxygen atoms in total. The van der Waals surface area contributed by atoms with Crippen LogP contribution in [0, 0.1) is 17.8 Å². The van der Waals surface area contributed by atoms with Gasteiger partial charge >= 0.3 is 6.09 Å². The molecule has 1 aliphatic carbocycles. The number of nitrogens with one attached hydrogen (secondary N) is 4. The standard InChI is InChI=1S/C22H36N4O6/c1-13(2)18(26-22(31)32)21(30)25-17(10-14-6-4-3-5-7-14)20(29)24-16(12-27)11-15-8-9-23-19(15)28/h12-18,26H,3-11H2,1-2H3,(H,23,28)(H,24,29)(H,25,30)(H,31,32)/t15-,16-,17-,18-/m0/s1. The minimum Gasteiger partial charge on any atom is -0.465 e. The van der Waals surface area contributed by atoms with Gasteiger partial charge < -0.3 is 31.2 Å². The molecule has 10 heteroatoms. The van der Waals surface area contributed by atoms with Crippen molar-refractivity contribution in [1.82, 2.24) is 21.3 Å². The van der Waals surface area contributed by atoms with E-state index in [-0.39, 0.29) is 30.1 Å². The summed E-state index contributed by atoms with van der Waals surface area (Å²) in [5.74, 6) is -1.57. The fourth-order valence-corrected chi connectivity index (χ4v) is 4.53. The first-order valence-electron chi connectivity index (χ1n) is 11.5. The van der Waals surface area contributed by atoms with Gasteiger partial charge in [0.05, 0.1) is 6.04 Å². The zero-order valence-corrected chi connectivity index (χ0v) is 18.9. The van der Waals surface area contributed by atoms with Crippen LogP contribution in [0.25, 0.3) is 0 Å². The molecule has 1 saturated carbocycles. The van der Waals surface area contributed by atoms with E-state index < -0.39 is 36.0 Å². The van der Waals surface area contributed by atoms with E-state index in [9.17, 15) is 24.0 Å². The zero-order chi connectivity index (χ0) is 23.7. The quantitative estimate of drug-likeness (QED) is 0.294. The highest BCUT2D eigenvalue weighted by Gasteiger charge is 2.33. The smallest absolute Gasteiger partial charge is 0.405 e. The summed E-state index contributed by atoms with van der Waals surface area (Å²) in [5, 5.41) is 19.4. The Morgan fingerprint density at radius 1 is 1.03 bits per heavy atom. The van der Waals surface area contributed by atoms with Gasteiger partial charge in [-0.25, -0.2) is 4.79 Å². The van der Waals surface area contributed by atoms with E-state index in [1.807, 2.05) is 0 Å². The lowest BCUT2D eigenvalue weighted by Crippen LogP contribution is -2.56. The fourth-order valence-electron chi connectivity index (χ4n) is 4.53. The minimum atomic E-state index is -1.32. The zero-order valence-electron chi connectivity index (χ0n) is 18.9. The number of aldehydes is 1. The molecule has 0 unspecified atom stereocenters. The first-order chi connectivity index (χ1) is 15.2. The second-order valence-electron chi connectivity index (χ2n) is 9.24. The molecular weight excluding hydrogens is 416 g/mol. The number of amides is 4. The van der Waals surface area contributed by atoms with E-state index in [1.165, 1.54) is 0 Å². The molecule has 2 fully saturated rings. The van der Waals surface area contributed by atoms with Crippen LogP contribution in [0.1, 0.15) is 65.2 Å². The Labute approximate surface area is 188 Å². The summed E-state index contributed by atoms with van der Waals surface area (Å²) >= 11 is 0. The third-order valence-electron chi connectivity index (χ3n) is 6.35. The van der Waals surface area contributed by atoms with Crippen LogP contribution in [0.5, 0.6) is 0 Å². The van der Waals surface area contributed by atoms with Gasteiger partial charge in [-0.1, -0.05) is 46.0 Å². The average molecular weight is 453 g/mol. The maximum absolute atomic E-state index is 13.1. The van der Waals surface area contributed by atoms with Crippen molar-refractivity contribution < 1.29 is 29.1 Å². The van der Waals surface area contributed by atoms with E-state index in [2.05, 4.69) is 21.3 Å². The molecule has 4 amide bonds. The van der Waals surface area contributed by atoms with Crippen molar-refractivity contribution in [3.8, 4) is 0 Å². The van der Waals surface area contributed by atoms with Gasteiger partial charge in [0, 0.05) is 12.5 Å². The van der Waals surface area contributed by atoms with Crippen LogP contribution < -0.4 is 21.3 Å². The number of hydrogen-bond donors (Lipinski definition) is 5. The predicted octanol–water partition coefficient (Wildman–Crippen LogP) is 0.944. The van der Waals surface area contributed by atoms with Crippen molar-refractivity contribution in [2.75, 3.05) is 6.54 Å². The predicted molar refractivity (Wildman–Crippen MR) is 117 cm³/mol. The van der Waals surface area contributed by atoms with E-state index in [0.717, 1.165) is 32.1 Å². The summed E-state index contributed by atoms with van der Waals surface area (Å²) in [7, 11) is 0. The van der Waals surface area contributed by atoms with Crippen molar-refractivity contribution in [1.29, 1.82) is 0 Å². The molecule has 0 aromatic heterocycles. The lowest BCUT2D eigenvalue weighted by atomic mass is 9.84. The molecule has 0 radical (unpaired) electrons. The molecule has 32 heavy (non-hydrogen) atoms. The van der Waals surface area contributed by atoms with Gasteiger partial charge in [0.2, 0.25) is 17.7 Å². The molecule has 1 saturated heterocycles. The van der Waals surface area contributed by atoms with Crippen molar-refractivity contribution in [2.24, 2.45) is 17.8 Å². The van der Waals surface area contributed by atoms with Crippen LogP contribution in [0.4, 0.5) is 4.79 Å². The summed E-state index contributed by atoms with van der Waals surface area (Å²) in [5.41, 5.74) is 0. The molecule has 5 N–H and O–H groups in total. The second kappa shape index (κ2) is 12.4. The summed E-state index contributed by atoms with van der Waals surface area (Å²) in [4.78, 5) is 60.4. The summed E-state index contributed by atoms with van der Waals surface area (Å²) in [6.07, 6.45) is 5.73. The van der Waals surface area contributed by atoms with Crippen molar-refractivity contribution in [3.05, 3.63) is 0 Å². The maximum Gasteiger partial charge on any atom is 0.405 e. The molecule has 0 bridgehead atoms. The van der Waals surface area contributed by atoms with Crippen LogP contribution >= 0.6 is 0 Å². The Balaban J connectivity index is 2.08. The third kappa shape index (κ3) is 7.80. The Morgan fingerprint density at radius 2 is 1.72 bits per heavy atom. The largest absolute Gasteiger partial charge is 0.465 e. The first kappa shape index (κ1) is 25.6. The van der Waals surface area contributed by atoms with E-state index in [0.29, 0.717) is 25.7 Å². The number of carboxylic acid groups (broad SMARTS) is 1. The molecular formula is C22H36N4O6. The molecule has 0 spiro atoms. The van der Waals surface area contributed by atoms with Crippen LogP contribution in [-0.4, -0.2) is 59.9 Å². The van der Waals surface area contributed by atoms with Gasteiger partial charge in [0.1, 0.15) is 18.4 Å². The molecule has 2 rings (SSSR count). The van der Waals surface area contributed by atoms with Gasteiger partial charge in [0.25, 0.3) is 0 Å². The molecule has 2 aliphatic rings. The Kier molecular flexibility index (Phi) is 9.93. The molecule has 4 atom stereocenters. The molecule has 1 heterocycles. The lowest BCUT2D eigenvalue weighted by Gasteiger charge is -2.29. The topological polar surface area (TPSA) is 154 Å². The molecule has 0 aromatic carbocycles. The van der Waals surface area contributed by atoms with Gasteiger partial charge in [-0.3, -0.25) is 14.4 Å². The molecule has 1 aliphatic heterocycles. The number of rotatable bonds is 11. The van der Waals surface area contributed by atoms with E-state index in [1.54, 1.807) is 13.8 Å². The molecule has 0 aromatic rings. The first-order valence-corrected chi connectivity index (χ1v) is 11.5. The van der Waals surface area contributed by atoms with Crippen LogP contribution in [0.15, 0.2) is 0 Å². The minimum absolute atomic E-state index is 0.127. The normalized spacial score (nSPS) is 21.8. The highest BCUT2D eigenvalue weighted by molar-refractivity contribution is 5.92. The van der Waals surface area contributed by atoms with Gasteiger partial charge in [-0.2, -0.15) is 0 Å². The third-order valence-corrected chi connectivity index (χ3v) is 6.35. The van der Waals surface area contributed by atoms with Crippen LogP contribution in [0.3, 0.4) is 0 Å². The van der Waals surface area contributed by atoms with Crippen LogP contribution in [-0.2, 0) is 19.2 Å². The van der Waals surface area contributed by atoms with Crippen LogP contribution in [0.2, 0.25) is 0 Å². The lowest BCUT2D eigenvalue weighted by molar-refractivity contribution is -0.132. The summed E-state index contributed by atoms with van der Waals surface area (Å²) < 4.78 is 0. The van der Waals surface area contributed by atoms with Crippen molar-refractivity contribution in [3.63, 3.8) is 0 Å². The highest BCUT2D eigenvalue weighted by atomic mass is 16.4. The summed E-state index contributed by atoms with van der Waals surface area (Å²) in [6.45, 7) is 3.98. The van der Waals surface area contributed by atoms with Gasteiger partial charge in [-0.15, -0.1) is 0 Å². The van der Waals surface area contributed by atoms with Crippen molar-refractivity contribution in [2.45, 2.75) is 83.3 Å². The monoisotopic (exact) mass is 452 g/mol. The Morgan fingerprint density at radius 3 is 2.25 bits per heavy atom. The SMILES string of the molecule is CC(C)[C@H](NC(=O)O)C(=O)N[C@@H](CC1CCCCC1)C(=O)N[C@H](C=O)C[C@@H]1CCNC1=O. The second-order valence-corrected chi connectivity index (χ2v) is 9.24.